The normalized spacial score (nSPS) is 12.6. The lowest BCUT2D eigenvalue weighted by atomic mass is 10.2. The first kappa shape index (κ1) is 19.9. The second-order valence-electron chi connectivity index (χ2n) is 5.40. The molecule has 0 saturated carbocycles. The van der Waals surface area contributed by atoms with Crippen LogP contribution in [-0.2, 0) is 26.4 Å². The van der Waals surface area contributed by atoms with Crippen LogP contribution in [0.2, 0.25) is 0 Å². The molecular formula is C15H20N2O5S3. The third-order valence-electron chi connectivity index (χ3n) is 3.80. The van der Waals surface area contributed by atoms with Crippen LogP contribution in [-0.4, -0.2) is 39.9 Å². The van der Waals surface area contributed by atoms with E-state index in [4.69, 9.17) is 5.14 Å². The van der Waals surface area contributed by atoms with Gasteiger partial charge in [0, 0.05) is 17.5 Å². The van der Waals surface area contributed by atoms with E-state index in [0.29, 0.717) is 12.1 Å². The van der Waals surface area contributed by atoms with Crippen molar-refractivity contribution in [3.8, 4) is 5.75 Å². The number of benzene rings is 1. The second kappa shape index (κ2) is 7.42. The number of hydrogen-bond donors (Lipinski definition) is 2. The van der Waals surface area contributed by atoms with Crippen LogP contribution in [0.1, 0.15) is 19.4 Å². The van der Waals surface area contributed by atoms with E-state index in [0.717, 1.165) is 30.5 Å². The number of nitrogens with zero attached hydrogens (tertiary/aromatic N) is 1. The lowest BCUT2D eigenvalue weighted by Gasteiger charge is -2.18. The molecule has 0 aliphatic carbocycles. The molecule has 0 aliphatic rings. The van der Waals surface area contributed by atoms with E-state index in [-0.39, 0.29) is 19.7 Å². The Hall–Kier alpha value is -1.46. The van der Waals surface area contributed by atoms with E-state index in [1.165, 1.54) is 17.5 Å². The number of rotatable bonds is 7. The van der Waals surface area contributed by atoms with E-state index in [2.05, 4.69) is 4.90 Å². The smallest absolute Gasteiger partial charge is 0.247 e. The first-order valence-electron chi connectivity index (χ1n) is 7.50. The van der Waals surface area contributed by atoms with Crippen LogP contribution < -0.4 is 5.14 Å². The highest BCUT2D eigenvalue weighted by Crippen LogP contribution is 2.30. The molecule has 0 radical (unpaired) electrons. The van der Waals surface area contributed by atoms with Gasteiger partial charge >= 0.3 is 0 Å². The van der Waals surface area contributed by atoms with Gasteiger partial charge < -0.3 is 5.11 Å². The number of phenols is 1. The second-order valence-corrected chi connectivity index (χ2v) is 10.1. The molecule has 0 bridgehead atoms. The first-order chi connectivity index (χ1) is 11.6. The summed E-state index contributed by atoms with van der Waals surface area (Å²) in [6.45, 7) is 6.12. The standard InChI is InChI=1S/C15H20N2O5S3/c1-3-17(4-2)9-11-5-6-12(7-14(11)18)24(19,20)13-8-15(23-10-13)25(16,21)22/h5-8,10,18H,3-4,9H2,1-2H3,(H2,16,21,22). The van der Waals surface area contributed by atoms with Crippen molar-refractivity contribution in [1.29, 1.82) is 0 Å². The maximum absolute atomic E-state index is 12.6. The lowest BCUT2D eigenvalue weighted by molar-refractivity contribution is 0.290. The highest BCUT2D eigenvalue weighted by atomic mass is 32.2. The molecule has 2 aromatic rings. The van der Waals surface area contributed by atoms with Crippen LogP contribution in [0, 0.1) is 0 Å². The molecule has 0 saturated heterocycles. The molecule has 1 heterocycles. The topological polar surface area (TPSA) is 118 Å². The van der Waals surface area contributed by atoms with Crippen molar-refractivity contribution in [2.24, 2.45) is 5.14 Å². The fraction of sp³-hybridized carbons (Fsp3) is 0.333. The maximum Gasteiger partial charge on any atom is 0.247 e. The van der Waals surface area contributed by atoms with Crippen molar-refractivity contribution in [1.82, 2.24) is 4.90 Å². The zero-order valence-electron chi connectivity index (χ0n) is 13.8. The van der Waals surface area contributed by atoms with Gasteiger partial charge in [-0.05, 0) is 31.3 Å². The molecule has 25 heavy (non-hydrogen) atoms. The molecule has 3 N–H and O–H groups in total. The summed E-state index contributed by atoms with van der Waals surface area (Å²) in [6.07, 6.45) is 0. The zero-order valence-corrected chi connectivity index (χ0v) is 16.3. The predicted octanol–water partition coefficient (Wildman–Crippen LogP) is 1.78. The third kappa shape index (κ3) is 4.39. The first-order valence-corrected chi connectivity index (χ1v) is 11.4. The van der Waals surface area contributed by atoms with Gasteiger partial charge in [0.1, 0.15) is 9.96 Å². The van der Waals surface area contributed by atoms with Gasteiger partial charge in [0.25, 0.3) is 0 Å². The Kier molecular flexibility index (Phi) is 5.89. The van der Waals surface area contributed by atoms with Gasteiger partial charge in [-0.3, -0.25) is 4.90 Å². The number of thiophene rings is 1. The molecular weight excluding hydrogens is 384 g/mol. The summed E-state index contributed by atoms with van der Waals surface area (Å²) >= 11 is 0.738. The van der Waals surface area contributed by atoms with Gasteiger partial charge in [-0.15, -0.1) is 11.3 Å². The van der Waals surface area contributed by atoms with Gasteiger partial charge in [-0.2, -0.15) is 0 Å². The molecule has 0 spiro atoms. The summed E-state index contributed by atoms with van der Waals surface area (Å²) < 4.78 is 47.6. The number of aromatic hydroxyl groups is 1. The van der Waals surface area contributed by atoms with Gasteiger partial charge in [-0.1, -0.05) is 19.9 Å². The van der Waals surface area contributed by atoms with Gasteiger partial charge in [0.2, 0.25) is 19.9 Å². The molecule has 138 valence electrons. The number of nitrogens with two attached hydrogens (primary N) is 1. The number of phenolic OH excluding ortho intramolecular Hbond substituents is 1. The lowest BCUT2D eigenvalue weighted by Crippen LogP contribution is -2.22. The molecule has 1 aromatic heterocycles. The minimum Gasteiger partial charge on any atom is -0.508 e. The average molecular weight is 405 g/mol. The molecule has 0 fully saturated rings. The summed E-state index contributed by atoms with van der Waals surface area (Å²) in [7, 11) is -7.90. The average Bonchev–Trinajstić information content (AvgIpc) is 3.04. The molecule has 7 nitrogen and oxygen atoms in total. The van der Waals surface area contributed by atoms with Crippen molar-refractivity contribution in [3.63, 3.8) is 0 Å². The largest absolute Gasteiger partial charge is 0.508 e. The number of sulfonamides is 1. The van der Waals surface area contributed by atoms with E-state index < -0.39 is 19.9 Å². The molecule has 0 unspecified atom stereocenters. The maximum atomic E-state index is 12.6. The van der Waals surface area contributed by atoms with Crippen molar-refractivity contribution in [3.05, 3.63) is 35.2 Å². The highest BCUT2D eigenvalue weighted by molar-refractivity contribution is 7.92. The Balaban J connectivity index is 2.37. The monoisotopic (exact) mass is 404 g/mol. The Morgan fingerprint density at radius 2 is 1.72 bits per heavy atom. The van der Waals surface area contributed by atoms with Crippen LogP contribution in [0.3, 0.4) is 0 Å². The zero-order chi connectivity index (χ0) is 18.8. The van der Waals surface area contributed by atoms with Crippen LogP contribution in [0.5, 0.6) is 5.75 Å². The van der Waals surface area contributed by atoms with Crippen molar-refractivity contribution in [2.75, 3.05) is 13.1 Å². The van der Waals surface area contributed by atoms with Crippen LogP contribution >= 0.6 is 11.3 Å². The van der Waals surface area contributed by atoms with Gasteiger partial charge in [-0.25, -0.2) is 22.0 Å². The van der Waals surface area contributed by atoms with Crippen molar-refractivity contribution >= 4 is 31.2 Å². The molecule has 10 heteroatoms. The number of primary sulfonamides is 1. The summed E-state index contributed by atoms with van der Waals surface area (Å²) in [5.41, 5.74) is 0.623. The minimum absolute atomic E-state index is 0.105. The Morgan fingerprint density at radius 1 is 1.08 bits per heavy atom. The predicted molar refractivity (Wildman–Crippen MR) is 95.9 cm³/mol. The van der Waals surface area contributed by atoms with Crippen LogP contribution in [0.25, 0.3) is 0 Å². The summed E-state index contributed by atoms with van der Waals surface area (Å²) in [5.74, 6) is -0.116. The Labute approximate surface area is 151 Å². The number of sulfone groups is 1. The van der Waals surface area contributed by atoms with E-state index in [1.807, 2.05) is 13.8 Å². The summed E-state index contributed by atoms with van der Waals surface area (Å²) in [4.78, 5) is 1.81. The van der Waals surface area contributed by atoms with Gasteiger partial charge in [0.05, 0.1) is 9.79 Å². The molecule has 1 aromatic carbocycles. The highest BCUT2D eigenvalue weighted by Gasteiger charge is 2.23. The van der Waals surface area contributed by atoms with E-state index >= 15 is 0 Å². The van der Waals surface area contributed by atoms with Crippen LogP contribution in [0.15, 0.2) is 43.6 Å². The SMILES string of the molecule is CCN(CC)Cc1ccc(S(=O)(=O)c2csc(S(N)(=O)=O)c2)cc1O. The van der Waals surface area contributed by atoms with Crippen molar-refractivity contribution < 1.29 is 21.9 Å². The number of hydrogen-bond acceptors (Lipinski definition) is 7. The van der Waals surface area contributed by atoms with Crippen molar-refractivity contribution in [2.45, 2.75) is 34.4 Å². The molecule has 0 amide bonds. The van der Waals surface area contributed by atoms with Gasteiger partial charge in [0.15, 0.2) is 0 Å². The third-order valence-corrected chi connectivity index (χ3v) is 8.06. The van der Waals surface area contributed by atoms with E-state index in [1.54, 1.807) is 6.07 Å². The minimum atomic E-state index is -3.96. The van der Waals surface area contributed by atoms with Crippen LogP contribution in [0.4, 0.5) is 0 Å². The summed E-state index contributed by atoms with van der Waals surface area (Å²) in [5, 5.41) is 16.4. The molecule has 2 rings (SSSR count). The molecule has 0 atom stereocenters. The van der Waals surface area contributed by atoms with E-state index in [9.17, 15) is 21.9 Å². The quantitative estimate of drug-likeness (QED) is 0.726. The Bertz CT molecular complexity index is 961. The fourth-order valence-electron chi connectivity index (χ4n) is 2.26. The Morgan fingerprint density at radius 3 is 2.20 bits per heavy atom. The molecule has 0 aliphatic heterocycles. The fourth-order valence-corrected chi connectivity index (χ4v) is 5.59. The summed E-state index contributed by atoms with van der Waals surface area (Å²) in [6, 6.07) is 5.17.